The highest BCUT2D eigenvalue weighted by Crippen LogP contribution is 2.38. The number of hydrogen-bond acceptors (Lipinski definition) is 7. The molecular weight excluding hydrogens is 519 g/mol. The Morgan fingerprint density at radius 2 is 1.72 bits per heavy atom. The molecule has 0 spiro atoms. The van der Waals surface area contributed by atoms with Crippen LogP contribution in [0.4, 0.5) is 33.7 Å². The number of halogens is 5. The van der Waals surface area contributed by atoms with E-state index in [1.165, 1.54) is 17.0 Å². The molecular formula is C26H27F5N8. The van der Waals surface area contributed by atoms with Crippen LogP contribution < -0.4 is 10.6 Å². The largest absolute Gasteiger partial charge is 0.408 e. The van der Waals surface area contributed by atoms with Gasteiger partial charge in [-0.15, -0.1) is 0 Å². The maximum absolute atomic E-state index is 14.9. The van der Waals surface area contributed by atoms with Crippen LogP contribution in [-0.4, -0.2) is 61.8 Å². The topological polar surface area (TPSA) is 83.8 Å². The molecule has 0 unspecified atom stereocenters. The highest BCUT2D eigenvalue weighted by atomic mass is 19.4. The Hall–Kier alpha value is -3.71. The number of hydrogen-bond donors (Lipinski definition) is 2. The molecule has 1 aromatic carbocycles. The smallest absolute Gasteiger partial charge is 0.326 e. The van der Waals surface area contributed by atoms with E-state index in [4.69, 9.17) is 0 Å². The second kappa shape index (κ2) is 10.5. The monoisotopic (exact) mass is 546 g/mol. The van der Waals surface area contributed by atoms with E-state index in [2.05, 4.69) is 30.6 Å². The predicted octanol–water partition coefficient (Wildman–Crippen LogP) is 5.31. The quantitative estimate of drug-likeness (QED) is 0.317. The van der Waals surface area contributed by atoms with Gasteiger partial charge in [-0.25, -0.2) is 28.7 Å². The zero-order valence-electron chi connectivity index (χ0n) is 21.5. The summed E-state index contributed by atoms with van der Waals surface area (Å²) in [5, 5.41) is 5.84. The summed E-state index contributed by atoms with van der Waals surface area (Å²) in [6.07, 6.45) is -2.37. The number of nitrogens with zero attached hydrogens (tertiary/aromatic N) is 6. The average molecular weight is 547 g/mol. The first-order chi connectivity index (χ1) is 18.5. The number of piperazine rings is 1. The van der Waals surface area contributed by atoms with Gasteiger partial charge in [0, 0.05) is 44.0 Å². The molecule has 8 nitrogen and oxygen atoms in total. The van der Waals surface area contributed by atoms with Gasteiger partial charge in [0.2, 0.25) is 5.95 Å². The molecule has 0 saturated carbocycles. The Labute approximate surface area is 221 Å². The Morgan fingerprint density at radius 1 is 0.974 bits per heavy atom. The van der Waals surface area contributed by atoms with Crippen LogP contribution >= 0.6 is 0 Å². The molecule has 1 aliphatic heterocycles. The average Bonchev–Trinajstić information content (AvgIpc) is 3.23. The van der Waals surface area contributed by atoms with Crippen molar-refractivity contribution in [1.29, 1.82) is 0 Å². The van der Waals surface area contributed by atoms with Gasteiger partial charge in [0.25, 0.3) is 0 Å². The molecule has 4 aromatic rings. The second-order valence-electron chi connectivity index (χ2n) is 9.67. The summed E-state index contributed by atoms with van der Waals surface area (Å²) in [4.78, 5) is 17.9. The lowest BCUT2D eigenvalue weighted by atomic mass is 10.1. The van der Waals surface area contributed by atoms with Gasteiger partial charge in [-0.1, -0.05) is 6.07 Å². The minimum absolute atomic E-state index is 0.00491. The summed E-state index contributed by atoms with van der Waals surface area (Å²) >= 11 is 0. The summed E-state index contributed by atoms with van der Waals surface area (Å²) in [6, 6.07) is 3.73. The van der Waals surface area contributed by atoms with E-state index in [0.29, 0.717) is 24.4 Å². The number of pyridine rings is 1. The maximum atomic E-state index is 14.9. The van der Waals surface area contributed by atoms with Crippen molar-refractivity contribution in [3.8, 4) is 11.3 Å². The van der Waals surface area contributed by atoms with Gasteiger partial charge in [0.15, 0.2) is 11.6 Å². The normalized spacial score (nSPS) is 15.7. The van der Waals surface area contributed by atoms with Gasteiger partial charge >= 0.3 is 6.18 Å². The van der Waals surface area contributed by atoms with Gasteiger partial charge in [-0.05, 0) is 44.5 Å². The van der Waals surface area contributed by atoms with Crippen LogP contribution in [0.3, 0.4) is 0 Å². The molecule has 206 valence electrons. The fraction of sp³-hybridized carbons (Fsp3) is 0.385. The van der Waals surface area contributed by atoms with E-state index in [1.54, 1.807) is 13.0 Å². The summed E-state index contributed by atoms with van der Waals surface area (Å²) in [6.45, 7) is 7.11. The van der Waals surface area contributed by atoms with Crippen LogP contribution in [0.5, 0.6) is 0 Å². The number of nitrogens with one attached hydrogen (secondary N) is 2. The number of anilines is 2. The van der Waals surface area contributed by atoms with Crippen molar-refractivity contribution in [1.82, 2.24) is 34.7 Å². The van der Waals surface area contributed by atoms with Crippen molar-refractivity contribution in [3.63, 3.8) is 0 Å². The van der Waals surface area contributed by atoms with Crippen molar-refractivity contribution < 1.29 is 22.0 Å². The molecule has 0 aliphatic carbocycles. The van der Waals surface area contributed by atoms with Crippen LogP contribution in [0.15, 0.2) is 36.7 Å². The van der Waals surface area contributed by atoms with Crippen LogP contribution in [0.1, 0.15) is 37.3 Å². The number of rotatable bonds is 6. The van der Waals surface area contributed by atoms with Crippen LogP contribution in [0.2, 0.25) is 0 Å². The summed E-state index contributed by atoms with van der Waals surface area (Å²) in [5.74, 6) is -0.624. The molecule has 2 N–H and O–H groups in total. The first-order valence-corrected chi connectivity index (χ1v) is 12.5. The molecule has 1 atom stereocenters. The van der Waals surface area contributed by atoms with E-state index in [9.17, 15) is 22.0 Å². The van der Waals surface area contributed by atoms with Crippen LogP contribution in [0.25, 0.3) is 22.3 Å². The number of aromatic nitrogens is 5. The Morgan fingerprint density at radius 3 is 2.36 bits per heavy atom. The van der Waals surface area contributed by atoms with Crippen LogP contribution in [0, 0.1) is 18.6 Å². The highest BCUT2D eigenvalue weighted by Gasteiger charge is 2.45. The fourth-order valence-electron chi connectivity index (χ4n) is 4.99. The molecule has 0 amide bonds. The number of benzene rings is 1. The number of alkyl halides is 3. The van der Waals surface area contributed by atoms with Crippen molar-refractivity contribution in [3.05, 3.63) is 59.7 Å². The molecule has 1 fully saturated rings. The minimum Gasteiger partial charge on any atom is -0.326 e. The first kappa shape index (κ1) is 26.9. The molecule has 1 aliphatic rings. The molecule has 0 radical (unpaired) electrons. The Kier molecular flexibility index (Phi) is 7.21. The van der Waals surface area contributed by atoms with E-state index >= 15 is 0 Å². The van der Waals surface area contributed by atoms with Crippen molar-refractivity contribution in [2.45, 2.75) is 39.0 Å². The maximum Gasteiger partial charge on any atom is 0.408 e. The summed E-state index contributed by atoms with van der Waals surface area (Å²) < 4.78 is 73.2. The third-order valence-corrected chi connectivity index (χ3v) is 6.63. The fourth-order valence-corrected chi connectivity index (χ4v) is 4.99. The lowest BCUT2D eigenvalue weighted by Gasteiger charge is -2.36. The lowest BCUT2D eigenvalue weighted by Crippen LogP contribution is -2.49. The molecule has 5 rings (SSSR count). The Bertz CT molecular complexity index is 1480. The van der Waals surface area contributed by atoms with Gasteiger partial charge < -0.3 is 15.2 Å². The highest BCUT2D eigenvalue weighted by molar-refractivity contribution is 5.83. The van der Waals surface area contributed by atoms with Crippen molar-refractivity contribution >= 4 is 22.8 Å². The third-order valence-electron chi connectivity index (χ3n) is 6.63. The second-order valence-corrected chi connectivity index (χ2v) is 9.67. The summed E-state index contributed by atoms with van der Waals surface area (Å²) in [7, 11) is 0. The van der Waals surface area contributed by atoms with E-state index in [0.717, 1.165) is 18.5 Å². The van der Waals surface area contributed by atoms with Gasteiger partial charge in [0.1, 0.15) is 28.9 Å². The van der Waals surface area contributed by atoms with Crippen LogP contribution in [-0.2, 0) is 0 Å². The molecule has 0 bridgehead atoms. The van der Waals surface area contributed by atoms with E-state index in [1.807, 2.05) is 18.4 Å². The van der Waals surface area contributed by atoms with Gasteiger partial charge in [-0.2, -0.15) is 13.2 Å². The number of fused-ring (bicyclic) bond motifs is 1. The first-order valence-electron chi connectivity index (χ1n) is 12.5. The van der Waals surface area contributed by atoms with Crippen molar-refractivity contribution in [2.75, 3.05) is 31.5 Å². The molecule has 3 aromatic heterocycles. The number of aryl methyl sites for hydroxylation is 1. The summed E-state index contributed by atoms with van der Waals surface area (Å²) in [5.41, 5.74) is 0.745. The minimum atomic E-state index is -4.47. The van der Waals surface area contributed by atoms with E-state index in [-0.39, 0.29) is 53.2 Å². The van der Waals surface area contributed by atoms with Crippen molar-refractivity contribution in [2.24, 2.45) is 0 Å². The lowest BCUT2D eigenvalue weighted by molar-refractivity contribution is -0.188. The number of imidazole rings is 1. The standard InChI is InChI=1S/C26H27F5N8/c1-14(2)39-15(3)35-23-18(27)10-17(11-20(23)39)22-19(28)13-34-25(37-22)36-21-5-4-16(12-33-21)24(26(29,30)31)38-8-6-32-7-9-38/h4-5,10-14,24,32H,6-9H2,1-3H3,(H,33,34,36,37)/t24-/m0/s1. The Balaban J connectivity index is 1.43. The zero-order valence-corrected chi connectivity index (χ0v) is 21.5. The van der Waals surface area contributed by atoms with Gasteiger partial charge in [0.05, 0.1) is 11.7 Å². The zero-order chi connectivity index (χ0) is 27.9. The predicted molar refractivity (Wildman–Crippen MR) is 137 cm³/mol. The third kappa shape index (κ3) is 5.41. The van der Waals surface area contributed by atoms with Gasteiger partial charge in [-0.3, -0.25) is 4.90 Å². The molecule has 4 heterocycles. The molecule has 13 heteroatoms. The molecule has 1 saturated heterocycles. The van der Waals surface area contributed by atoms with E-state index < -0.39 is 23.9 Å². The SMILES string of the molecule is Cc1nc2c(F)cc(-c3nc(Nc4ccc([C@H](N5CCNCC5)C(F)(F)F)cn4)ncc3F)cc2n1C(C)C. The molecule has 39 heavy (non-hydrogen) atoms.